The highest BCUT2D eigenvalue weighted by molar-refractivity contribution is 6.08. The lowest BCUT2D eigenvalue weighted by Gasteiger charge is -2.30. The van der Waals surface area contributed by atoms with Gasteiger partial charge in [-0.25, -0.2) is 4.39 Å². The van der Waals surface area contributed by atoms with Crippen molar-refractivity contribution >= 4 is 28.4 Å². The molecular weight excluding hydrogens is 421 g/mol. The highest BCUT2D eigenvalue weighted by Gasteiger charge is 2.28. The van der Waals surface area contributed by atoms with Gasteiger partial charge in [-0.05, 0) is 48.7 Å². The number of rotatable bonds is 6. The SMILES string of the molecule is COc1ccc(/C=C/C(=O)c2cn(C3CC3)c3cc(N4CCNCC4)c(F)cc3c2=O)cc1. The van der Waals surface area contributed by atoms with Crippen LogP contribution in [0.1, 0.15) is 34.8 Å². The summed E-state index contributed by atoms with van der Waals surface area (Å²) in [4.78, 5) is 28.2. The minimum atomic E-state index is -0.433. The number of hydrogen-bond acceptors (Lipinski definition) is 5. The smallest absolute Gasteiger partial charge is 0.200 e. The van der Waals surface area contributed by atoms with Crippen molar-refractivity contribution in [3.05, 3.63) is 75.8 Å². The number of nitrogens with zero attached hydrogens (tertiary/aromatic N) is 2. The third-order valence-corrected chi connectivity index (χ3v) is 6.31. The van der Waals surface area contributed by atoms with E-state index in [1.54, 1.807) is 37.6 Å². The first kappa shape index (κ1) is 21.4. The number of methoxy groups -OCH3 is 1. The van der Waals surface area contributed by atoms with Gasteiger partial charge < -0.3 is 19.5 Å². The summed E-state index contributed by atoms with van der Waals surface area (Å²) in [6.07, 6.45) is 6.68. The first-order valence-electron chi connectivity index (χ1n) is 11.3. The predicted octanol–water partition coefficient (Wildman–Crippen LogP) is 3.79. The largest absolute Gasteiger partial charge is 0.497 e. The van der Waals surface area contributed by atoms with Gasteiger partial charge in [-0.2, -0.15) is 0 Å². The Labute approximate surface area is 191 Å². The Morgan fingerprint density at radius 2 is 1.88 bits per heavy atom. The Balaban J connectivity index is 1.54. The average Bonchev–Trinajstić information content (AvgIpc) is 3.69. The maximum atomic E-state index is 15.1. The van der Waals surface area contributed by atoms with Crippen LogP contribution in [0.3, 0.4) is 0 Å². The van der Waals surface area contributed by atoms with E-state index in [1.807, 2.05) is 21.6 Å². The van der Waals surface area contributed by atoms with Gasteiger partial charge in [0.2, 0.25) is 5.43 Å². The van der Waals surface area contributed by atoms with Crippen LogP contribution in [0.2, 0.25) is 0 Å². The number of carbonyl (C=O) groups excluding carboxylic acids is 1. The average molecular weight is 448 g/mol. The summed E-state index contributed by atoms with van der Waals surface area (Å²) in [7, 11) is 1.59. The molecule has 0 spiro atoms. The highest BCUT2D eigenvalue weighted by atomic mass is 19.1. The van der Waals surface area contributed by atoms with Crippen molar-refractivity contribution in [3.63, 3.8) is 0 Å². The molecule has 0 amide bonds. The minimum Gasteiger partial charge on any atom is -0.497 e. The number of ketones is 1. The highest BCUT2D eigenvalue weighted by Crippen LogP contribution is 2.38. The van der Waals surface area contributed by atoms with Crippen LogP contribution in [0.25, 0.3) is 17.0 Å². The molecule has 33 heavy (non-hydrogen) atoms. The molecule has 1 aromatic heterocycles. The van der Waals surface area contributed by atoms with Crippen molar-refractivity contribution in [3.8, 4) is 5.75 Å². The van der Waals surface area contributed by atoms with Gasteiger partial charge in [-0.15, -0.1) is 0 Å². The Morgan fingerprint density at radius 3 is 2.55 bits per heavy atom. The summed E-state index contributed by atoms with van der Waals surface area (Å²) in [5.41, 5.74) is 1.65. The number of fused-ring (bicyclic) bond motifs is 1. The van der Waals surface area contributed by atoms with Gasteiger partial charge in [0.15, 0.2) is 5.78 Å². The summed E-state index contributed by atoms with van der Waals surface area (Å²) < 4.78 is 22.2. The zero-order valence-electron chi connectivity index (χ0n) is 18.5. The second kappa shape index (κ2) is 8.83. The number of ether oxygens (including phenoxy) is 1. The van der Waals surface area contributed by atoms with Gasteiger partial charge in [0.05, 0.1) is 23.9 Å². The van der Waals surface area contributed by atoms with E-state index in [-0.39, 0.29) is 17.0 Å². The number of halogens is 1. The fourth-order valence-electron chi connectivity index (χ4n) is 4.31. The number of benzene rings is 2. The number of piperazine rings is 1. The van der Waals surface area contributed by atoms with Crippen molar-refractivity contribution in [2.75, 3.05) is 38.2 Å². The standard InChI is InChI=1S/C26H26FN3O3/c1-33-19-7-2-17(3-8-19)4-9-25(31)21-16-30(18-5-6-18)23-15-24(29-12-10-28-11-13-29)22(27)14-20(23)26(21)32/h2-4,7-9,14-16,18,28H,5-6,10-13H2,1H3/b9-4+. The van der Waals surface area contributed by atoms with Crippen molar-refractivity contribution in [2.45, 2.75) is 18.9 Å². The second-order valence-electron chi connectivity index (χ2n) is 8.54. The van der Waals surface area contributed by atoms with Crippen molar-refractivity contribution < 1.29 is 13.9 Å². The first-order chi connectivity index (χ1) is 16.0. The molecule has 1 saturated heterocycles. The fraction of sp³-hybridized carbons (Fsp3) is 0.308. The Bertz CT molecular complexity index is 1290. The quantitative estimate of drug-likeness (QED) is 0.460. The molecule has 170 valence electrons. The number of hydrogen-bond donors (Lipinski definition) is 1. The molecule has 2 aliphatic rings. The maximum absolute atomic E-state index is 15.1. The van der Waals surface area contributed by atoms with Crippen LogP contribution in [0.5, 0.6) is 5.75 Å². The number of carbonyl (C=O) groups is 1. The molecule has 0 bridgehead atoms. The van der Waals surface area contributed by atoms with Crippen molar-refractivity contribution in [1.82, 2.24) is 9.88 Å². The van der Waals surface area contributed by atoms with Crippen LogP contribution < -0.4 is 20.4 Å². The van der Waals surface area contributed by atoms with E-state index in [2.05, 4.69) is 5.32 Å². The fourth-order valence-corrected chi connectivity index (χ4v) is 4.31. The summed E-state index contributed by atoms with van der Waals surface area (Å²) in [5.74, 6) is -0.0940. The van der Waals surface area contributed by atoms with E-state index in [0.29, 0.717) is 24.3 Å². The molecule has 6 nitrogen and oxygen atoms in total. The van der Waals surface area contributed by atoms with E-state index < -0.39 is 17.0 Å². The summed E-state index contributed by atoms with van der Waals surface area (Å²) in [5, 5.41) is 3.52. The zero-order chi connectivity index (χ0) is 22.9. The van der Waals surface area contributed by atoms with Crippen LogP contribution in [0, 0.1) is 5.82 Å². The molecule has 0 unspecified atom stereocenters. The van der Waals surface area contributed by atoms with Gasteiger partial charge in [0, 0.05) is 43.8 Å². The number of anilines is 1. The lowest BCUT2D eigenvalue weighted by Crippen LogP contribution is -2.43. The molecule has 3 aromatic rings. The second-order valence-corrected chi connectivity index (χ2v) is 8.54. The van der Waals surface area contributed by atoms with Gasteiger partial charge in [-0.3, -0.25) is 9.59 Å². The topological polar surface area (TPSA) is 63.6 Å². The predicted molar refractivity (Wildman–Crippen MR) is 128 cm³/mol. The molecule has 1 N–H and O–H groups in total. The summed E-state index contributed by atoms with van der Waals surface area (Å²) in [6, 6.07) is 10.6. The molecule has 1 aliphatic heterocycles. The zero-order valence-corrected chi connectivity index (χ0v) is 18.5. The third-order valence-electron chi connectivity index (χ3n) is 6.31. The number of aromatic nitrogens is 1. The molecule has 1 aliphatic carbocycles. The Hall–Kier alpha value is -3.45. The third kappa shape index (κ3) is 4.28. The molecule has 0 radical (unpaired) electrons. The van der Waals surface area contributed by atoms with E-state index in [0.717, 1.165) is 37.2 Å². The molecular formula is C26H26FN3O3. The van der Waals surface area contributed by atoms with Gasteiger partial charge in [0.1, 0.15) is 11.6 Å². The van der Waals surface area contributed by atoms with Crippen molar-refractivity contribution in [2.24, 2.45) is 0 Å². The summed E-state index contributed by atoms with van der Waals surface area (Å²) >= 11 is 0. The molecule has 2 aromatic carbocycles. The van der Waals surface area contributed by atoms with Crippen molar-refractivity contribution in [1.29, 1.82) is 0 Å². The Kier molecular flexibility index (Phi) is 5.72. The molecule has 2 heterocycles. The number of allylic oxidation sites excluding steroid dienone is 1. The molecule has 2 fully saturated rings. The number of pyridine rings is 1. The lowest BCUT2D eigenvalue weighted by molar-refractivity contribution is 0.104. The normalized spacial score (nSPS) is 16.5. The van der Waals surface area contributed by atoms with Gasteiger partial charge in [-0.1, -0.05) is 18.2 Å². The van der Waals surface area contributed by atoms with E-state index in [4.69, 9.17) is 4.74 Å². The number of nitrogens with one attached hydrogen (secondary N) is 1. The van der Waals surface area contributed by atoms with Gasteiger partial charge in [0.25, 0.3) is 0 Å². The molecule has 1 saturated carbocycles. The van der Waals surface area contributed by atoms with Gasteiger partial charge >= 0.3 is 0 Å². The van der Waals surface area contributed by atoms with Crippen LogP contribution in [0.4, 0.5) is 10.1 Å². The monoisotopic (exact) mass is 447 g/mol. The maximum Gasteiger partial charge on any atom is 0.200 e. The Morgan fingerprint density at radius 1 is 1.15 bits per heavy atom. The first-order valence-corrected chi connectivity index (χ1v) is 11.3. The van der Waals surface area contributed by atoms with Crippen LogP contribution in [-0.2, 0) is 0 Å². The van der Waals surface area contributed by atoms with E-state index in [9.17, 15) is 9.59 Å². The van der Waals surface area contributed by atoms with E-state index >= 15 is 4.39 Å². The molecule has 5 rings (SSSR count). The van der Waals surface area contributed by atoms with Crippen LogP contribution >= 0.6 is 0 Å². The van der Waals surface area contributed by atoms with E-state index in [1.165, 1.54) is 12.1 Å². The minimum absolute atomic E-state index is 0.0634. The van der Waals surface area contributed by atoms with Crippen LogP contribution in [-0.4, -0.2) is 43.6 Å². The molecule has 0 atom stereocenters. The lowest BCUT2D eigenvalue weighted by atomic mass is 10.1. The molecule has 7 heteroatoms. The van der Waals surface area contributed by atoms with Crippen LogP contribution in [0.15, 0.2) is 53.5 Å². The summed E-state index contributed by atoms with van der Waals surface area (Å²) in [6.45, 7) is 3.01.